The molecule has 1 atom stereocenters. The summed E-state index contributed by atoms with van der Waals surface area (Å²) in [4.78, 5) is 12.2. The molecule has 1 nitrogen and oxygen atoms in total. The highest BCUT2D eigenvalue weighted by molar-refractivity contribution is 7.99. The van der Waals surface area contributed by atoms with Crippen LogP contribution < -0.4 is 0 Å². The number of thioether (sulfide) groups is 1. The third-order valence-electron chi connectivity index (χ3n) is 1.97. The summed E-state index contributed by atoms with van der Waals surface area (Å²) in [7, 11) is 0. The van der Waals surface area contributed by atoms with Gasteiger partial charge in [-0.05, 0) is 23.2 Å². The monoisotopic (exact) mass is 198 g/mol. The van der Waals surface area contributed by atoms with Gasteiger partial charge in [-0.15, -0.1) is 11.8 Å². The molecule has 1 heterocycles. The zero-order chi connectivity index (χ0) is 8.55. The van der Waals surface area contributed by atoms with E-state index in [1.165, 1.54) is 4.90 Å². The van der Waals surface area contributed by atoms with Crippen LogP contribution in [0.15, 0.2) is 29.2 Å². The molecular formula is C9H7ClOS. The van der Waals surface area contributed by atoms with Gasteiger partial charge in [-0.25, -0.2) is 0 Å². The summed E-state index contributed by atoms with van der Waals surface area (Å²) < 4.78 is 0. The van der Waals surface area contributed by atoms with Gasteiger partial charge >= 0.3 is 0 Å². The molecule has 1 unspecified atom stereocenters. The molecule has 1 aromatic carbocycles. The Bertz CT molecular complexity index is 324. The minimum atomic E-state index is -0.243. The smallest absolute Gasteiger partial charge is 0.230 e. The molecule has 0 amide bonds. The van der Waals surface area contributed by atoms with E-state index in [1.54, 1.807) is 11.8 Å². The number of halogens is 1. The van der Waals surface area contributed by atoms with Crippen LogP contribution in [0.5, 0.6) is 0 Å². The van der Waals surface area contributed by atoms with Crippen molar-refractivity contribution >= 4 is 28.6 Å². The first-order valence-corrected chi connectivity index (χ1v) is 5.06. The first-order chi connectivity index (χ1) is 5.79. The van der Waals surface area contributed by atoms with E-state index in [0.717, 1.165) is 11.3 Å². The number of carbonyl (C=O) groups excluding carboxylic acids is 1. The molecule has 0 spiro atoms. The van der Waals surface area contributed by atoms with Gasteiger partial charge in [0, 0.05) is 10.6 Å². The molecule has 12 heavy (non-hydrogen) atoms. The lowest BCUT2D eigenvalue weighted by atomic mass is 10.0. The van der Waals surface area contributed by atoms with E-state index in [2.05, 4.69) is 0 Å². The number of hydrogen-bond acceptors (Lipinski definition) is 2. The van der Waals surface area contributed by atoms with Gasteiger partial charge in [0.05, 0.1) is 5.92 Å². The first-order valence-electron chi connectivity index (χ1n) is 3.70. The van der Waals surface area contributed by atoms with Crippen LogP contribution in [0.3, 0.4) is 0 Å². The van der Waals surface area contributed by atoms with Crippen molar-refractivity contribution in [2.75, 3.05) is 5.75 Å². The molecule has 3 heteroatoms. The second-order valence-corrected chi connectivity index (χ2v) is 4.14. The van der Waals surface area contributed by atoms with Crippen molar-refractivity contribution in [3.8, 4) is 0 Å². The van der Waals surface area contributed by atoms with Crippen molar-refractivity contribution in [1.82, 2.24) is 0 Å². The van der Waals surface area contributed by atoms with Crippen molar-refractivity contribution in [2.24, 2.45) is 0 Å². The number of fused-ring (bicyclic) bond motifs is 1. The van der Waals surface area contributed by atoms with Crippen LogP contribution in [0.1, 0.15) is 11.5 Å². The Morgan fingerprint density at radius 2 is 2.25 bits per heavy atom. The Kier molecular flexibility index (Phi) is 2.11. The van der Waals surface area contributed by atoms with E-state index < -0.39 is 0 Å². The maximum Gasteiger partial charge on any atom is 0.230 e. The second kappa shape index (κ2) is 3.11. The average molecular weight is 199 g/mol. The van der Waals surface area contributed by atoms with Crippen molar-refractivity contribution in [3.63, 3.8) is 0 Å². The normalized spacial score (nSPS) is 20.6. The summed E-state index contributed by atoms with van der Waals surface area (Å²) in [6.07, 6.45) is 0. The number of hydrogen-bond donors (Lipinski definition) is 0. The topological polar surface area (TPSA) is 17.1 Å². The van der Waals surface area contributed by atoms with Crippen LogP contribution >= 0.6 is 23.4 Å². The zero-order valence-corrected chi connectivity index (χ0v) is 7.86. The van der Waals surface area contributed by atoms with Crippen LogP contribution in [-0.4, -0.2) is 11.0 Å². The molecule has 1 aliphatic rings. The van der Waals surface area contributed by atoms with E-state index >= 15 is 0 Å². The van der Waals surface area contributed by atoms with Gasteiger partial charge in [-0.2, -0.15) is 0 Å². The van der Waals surface area contributed by atoms with Crippen molar-refractivity contribution in [2.45, 2.75) is 10.8 Å². The van der Waals surface area contributed by atoms with Crippen LogP contribution in [0, 0.1) is 0 Å². The van der Waals surface area contributed by atoms with Gasteiger partial charge < -0.3 is 0 Å². The molecule has 0 aliphatic carbocycles. The molecule has 0 aromatic heterocycles. The third-order valence-corrected chi connectivity index (χ3v) is 3.42. The maximum atomic E-state index is 11.0. The van der Waals surface area contributed by atoms with Crippen molar-refractivity contribution in [3.05, 3.63) is 29.8 Å². The summed E-state index contributed by atoms with van der Waals surface area (Å²) in [6, 6.07) is 7.92. The van der Waals surface area contributed by atoms with Crippen molar-refractivity contribution < 1.29 is 4.79 Å². The van der Waals surface area contributed by atoms with Crippen LogP contribution in [0.2, 0.25) is 0 Å². The van der Waals surface area contributed by atoms with Gasteiger partial charge in [-0.3, -0.25) is 4.79 Å². The summed E-state index contributed by atoms with van der Waals surface area (Å²) in [5.41, 5.74) is 1.09. The molecule has 0 saturated carbocycles. The van der Waals surface area contributed by atoms with Gasteiger partial charge in [0.2, 0.25) is 5.24 Å². The average Bonchev–Trinajstić information content (AvgIpc) is 2.47. The van der Waals surface area contributed by atoms with Gasteiger partial charge in [-0.1, -0.05) is 18.2 Å². The lowest BCUT2D eigenvalue weighted by molar-refractivity contribution is -0.112. The summed E-state index contributed by atoms with van der Waals surface area (Å²) >= 11 is 7.16. The van der Waals surface area contributed by atoms with Crippen LogP contribution in [-0.2, 0) is 4.79 Å². The summed E-state index contributed by atoms with van der Waals surface area (Å²) in [6.45, 7) is 0. The second-order valence-electron chi connectivity index (χ2n) is 2.71. The number of rotatable bonds is 1. The summed E-state index contributed by atoms with van der Waals surface area (Å²) in [5, 5.41) is -0.243. The Morgan fingerprint density at radius 3 is 3.00 bits per heavy atom. The van der Waals surface area contributed by atoms with Crippen LogP contribution in [0.25, 0.3) is 0 Å². The highest BCUT2D eigenvalue weighted by atomic mass is 35.5. The molecule has 0 bridgehead atoms. The molecule has 0 N–H and O–H groups in total. The highest BCUT2D eigenvalue weighted by Crippen LogP contribution is 2.40. The summed E-state index contributed by atoms with van der Waals surface area (Å²) in [5.74, 6) is 0.703. The lowest BCUT2D eigenvalue weighted by Crippen LogP contribution is -2.04. The van der Waals surface area contributed by atoms with Gasteiger partial charge in [0.25, 0.3) is 0 Å². The van der Waals surface area contributed by atoms with Gasteiger partial charge in [0.1, 0.15) is 0 Å². The Morgan fingerprint density at radius 1 is 1.50 bits per heavy atom. The molecule has 1 aliphatic heterocycles. The van der Waals surface area contributed by atoms with E-state index in [1.807, 2.05) is 24.3 Å². The van der Waals surface area contributed by atoms with E-state index in [-0.39, 0.29) is 11.2 Å². The minimum absolute atomic E-state index is 0.0899. The molecule has 1 aromatic rings. The Hall–Kier alpha value is -0.470. The lowest BCUT2D eigenvalue weighted by Gasteiger charge is -2.02. The highest BCUT2D eigenvalue weighted by Gasteiger charge is 2.27. The van der Waals surface area contributed by atoms with Gasteiger partial charge in [0.15, 0.2) is 0 Å². The quantitative estimate of drug-likeness (QED) is 0.646. The first kappa shape index (κ1) is 8.14. The zero-order valence-electron chi connectivity index (χ0n) is 6.29. The van der Waals surface area contributed by atoms with E-state index in [4.69, 9.17) is 11.6 Å². The molecular weight excluding hydrogens is 192 g/mol. The Balaban J connectivity index is 2.42. The third kappa shape index (κ3) is 1.25. The number of carbonyl (C=O) groups is 1. The predicted molar refractivity (Wildman–Crippen MR) is 50.8 cm³/mol. The fourth-order valence-electron chi connectivity index (χ4n) is 1.35. The SMILES string of the molecule is O=C(Cl)C1CSc2ccccc21. The minimum Gasteiger partial charge on any atom is -0.281 e. The molecule has 0 saturated heterocycles. The largest absolute Gasteiger partial charge is 0.281 e. The predicted octanol–water partition coefficient (Wildman–Crippen LogP) is 2.64. The van der Waals surface area contributed by atoms with E-state index in [9.17, 15) is 4.79 Å². The molecule has 0 radical (unpaired) electrons. The van der Waals surface area contributed by atoms with Crippen molar-refractivity contribution in [1.29, 1.82) is 0 Å². The standard InChI is InChI=1S/C9H7ClOS/c10-9(11)7-5-12-8-4-2-1-3-6(7)8/h1-4,7H,5H2. The number of benzene rings is 1. The fourth-order valence-corrected chi connectivity index (χ4v) is 2.87. The fraction of sp³-hybridized carbons (Fsp3) is 0.222. The molecule has 2 rings (SSSR count). The van der Waals surface area contributed by atoms with E-state index in [0.29, 0.717) is 0 Å². The Labute approximate surface area is 80.1 Å². The molecule has 0 fully saturated rings. The molecule has 62 valence electrons. The maximum absolute atomic E-state index is 11.0. The van der Waals surface area contributed by atoms with Crippen LogP contribution in [0.4, 0.5) is 0 Å².